The number of primary amides is 1. The highest BCUT2D eigenvalue weighted by atomic mass is 16.3. The van der Waals surface area contributed by atoms with E-state index in [9.17, 15) is 9.90 Å². The van der Waals surface area contributed by atoms with Crippen molar-refractivity contribution in [3.8, 4) is 5.75 Å². The number of fused-ring (bicyclic) bond motifs is 1. The fraction of sp³-hybridized carbons (Fsp3) is 0.200. The number of hydrogen-bond donors (Lipinski definition) is 2. The molecule has 0 bridgehead atoms. The minimum absolute atomic E-state index is 0.183. The molecule has 1 aliphatic rings. The van der Waals surface area contributed by atoms with Crippen LogP contribution in [0.5, 0.6) is 5.75 Å². The van der Waals surface area contributed by atoms with Gasteiger partial charge in [-0.1, -0.05) is 0 Å². The second-order valence-corrected chi connectivity index (χ2v) is 3.26. The summed E-state index contributed by atoms with van der Waals surface area (Å²) in [5.41, 5.74) is 5.98. The number of rotatable bonds is 2. The SMILES string of the molecule is NC(=O)CC1=c2cc(O)ccc2=NC1. The first-order chi connectivity index (χ1) is 6.66. The minimum Gasteiger partial charge on any atom is -0.508 e. The Hall–Kier alpha value is -1.84. The van der Waals surface area contributed by atoms with Crippen molar-refractivity contribution in [1.82, 2.24) is 0 Å². The van der Waals surface area contributed by atoms with E-state index in [4.69, 9.17) is 5.73 Å². The minimum atomic E-state index is -0.369. The molecule has 1 heterocycles. The molecule has 4 heteroatoms. The highest BCUT2D eigenvalue weighted by Gasteiger charge is 2.09. The maximum atomic E-state index is 10.7. The quantitative estimate of drug-likeness (QED) is 0.631. The van der Waals surface area contributed by atoms with Crippen LogP contribution in [0, 0.1) is 0 Å². The third-order valence-corrected chi connectivity index (χ3v) is 2.19. The zero-order chi connectivity index (χ0) is 10.1. The van der Waals surface area contributed by atoms with E-state index in [1.165, 1.54) is 0 Å². The monoisotopic (exact) mass is 190 g/mol. The van der Waals surface area contributed by atoms with Crippen molar-refractivity contribution < 1.29 is 9.90 Å². The van der Waals surface area contributed by atoms with Crippen molar-refractivity contribution in [2.45, 2.75) is 6.42 Å². The van der Waals surface area contributed by atoms with Crippen LogP contribution in [0.3, 0.4) is 0 Å². The molecule has 1 aromatic carbocycles. The molecule has 72 valence electrons. The van der Waals surface area contributed by atoms with E-state index in [0.29, 0.717) is 6.54 Å². The molecule has 0 spiro atoms. The van der Waals surface area contributed by atoms with E-state index < -0.39 is 0 Å². The highest BCUT2D eigenvalue weighted by Crippen LogP contribution is 2.06. The predicted molar refractivity (Wildman–Crippen MR) is 51.0 cm³/mol. The normalized spacial score (nSPS) is 13.6. The molecular weight excluding hydrogens is 180 g/mol. The molecule has 3 N–H and O–H groups in total. The van der Waals surface area contributed by atoms with E-state index in [1.807, 2.05) is 0 Å². The average Bonchev–Trinajstić information content (AvgIpc) is 2.47. The first-order valence-corrected chi connectivity index (χ1v) is 4.30. The van der Waals surface area contributed by atoms with Gasteiger partial charge in [0.2, 0.25) is 5.91 Å². The molecule has 1 aliphatic heterocycles. The zero-order valence-corrected chi connectivity index (χ0v) is 7.53. The summed E-state index contributed by atoms with van der Waals surface area (Å²) in [5, 5.41) is 10.9. The Bertz CT molecular complexity index is 505. The number of hydrogen-bond acceptors (Lipinski definition) is 3. The molecular formula is C10H10N2O2. The summed E-state index contributed by atoms with van der Waals surface area (Å²) in [6.45, 7) is 0.502. The number of nitrogens with zero attached hydrogens (tertiary/aromatic N) is 1. The van der Waals surface area contributed by atoms with Crippen LogP contribution in [0.2, 0.25) is 0 Å². The third-order valence-electron chi connectivity index (χ3n) is 2.19. The highest BCUT2D eigenvalue weighted by molar-refractivity contribution is 5.83. The summed E-state index contributed by atoms with van der Waals surface area (Å²) in [5.74, 6) is -0.186. The first-order valence-electron chi connectivity index (χ1n) is 4.30. The lowest BCUT2D eigenvalue weighted by atomic mass is 10.1. The number of phenolic OH excluding ortho intramolecular Hbond substituents is 1. The van der Waals surface area contributed by atoms with Crippen molar-refractivity contribution in [2.75, 3.05) is 6.54 Å². The van der Waals surface area contributed by atoms with Crippen LogP contribution in [-0.2, 0) is 4.79 Å². The summed E-state index contributed by atoms with van der Waals surface area (Å²) < 4.78 is 0. The van der Waals surface area contributed by atoms with Crippen molar-refractivity contribution in [2.24, 2.45) is 10.7 Å². The summed E-state index contributed by atoms with van der Waals surface area (Å²) >= 11 is 0. The summed E-state index contributed by atoms with van der Waals surface area (Å²) in [6, 6.07) is 4.93. The number of carbonyl (C=O) groups is 1. The van der Waals surface area contributed by atoms with E-state index in [2.05, 4.69) is 4.99 Å². The summed E-state index contributed by atoms with van der Waals surface area (Å²) in [7, 11) is 0. The van der Waals surface area contributed by atoms with Crippen molar-refractivity contribution >= 4 is 11.5 Å². The molecule has 0 aliphatic carbocycles. The molecule has 4 nitrogen and oxygen atoms in total. The fourth-order valence-corrected chi connectivity index (χ4v) is 1.57. The largest absolute Gasteiger partial charge is 0.508 e. The van der Waals surface area contributed by atoms with Gasteiger partial charge in [-0.05, 0) is 23.8 Å². The standard InChI is InChI=1S/C10H10N2O2/c11-10(14)3-6-5-12-9-2-1-7(13)4-8(6)9/h1-2,4,13H,3,5H2,(H2,11,14). The van der Waals surface area contributed by atoms with Gasteiger partial charge in [0.25, 0.3) is 0 Å². The number of aromatic hydroxyl groups is 1. The molecule has 1 amide bonds. The topological polar surface area (TPSA) is 75.7 Å². The van der Waals surface area contributed by atoms with Crippen LogP contribution in [0.15, 0.2) is 23.2 Å². The number of nitrogens with two attached hydrogens (primary N) is 1. The summed E-state index contributed by atoms with van der Waals surface area (Å²) in [6.07, 6.45) is 0.208. The van der Waals surface area contributed by atoms with Crippen molar-refractivity contribution in [1.29, 1.82) is 0 Å². The molecule has 0 saturated carbocycles. The van der Waals surface area contributed by atoms with Crippen LogP contribution in [0.25, 0.3) is 5.57 Å². The second-order valence-electron chi connectivity index (χ2n) is 3.26. The van der Waals surface area contributed by atoms with Gasteiger partial charge in [0.05, 0.1) is 18.3 Å². The van der Waals surface area contributed by atoms with Crippen molar-refractivity contribution in [3.05, 3.63) is 28.8 Å². The lowest BCUT2D eigenvalue weighted by Crippen LogP contribution is -2.24. The van der Waals surface area contributed by atoms with Crippen LogP contribution < -0.4 is 16.3 Å². The van der Waals surface area contributed by atoms with Gasteiger partial charge in [-0.15, -0.1) is 0 Å². The number of carbonyl (C=O) groups excluding carboxylic acids is 1. The maximum Gasteiger partial charge on any atom is 0.221 e. The van der Waals surface area contributed by atoms with Crippen LogP contribution in [-0.4, -0.2) is 17.6 Å². The third kappa shape index (κ3) is 1.46. The van der Waals surface area contributed by atoms with E-state index in [1.54, 1.807) is 18.2 Å². The van der Waals surface area contributed by atoms with Gasteiger partial charge in [-0.2, -0.15) is 0 Å². The second kappa shape index (κ2) is 3.14. The van der Waals surface area contributed by atoms with Crippen molar-refractivity contribution in [3.63, 3.8) is 0 Å². The summed E-state index contributed by atoms with van der Waals surface area (Å²) in [4.78, 5) is 15.0. The van der Waals surface area contributed by atoms with Gasteiger partial charge in [-0.3, -0.25) is 9.79 Å². The van der Waals surface area contributed by atoms with Gasteiger partial charge in [0.1, 0.15) is 5.75 Å². The first kappa shape index (κ1) is 8.74. The molecule has 2 rings (SSSR count). The van der Waals surface area contributed by atoms with Gasteiger partial charge >= 0.3 is 0 Å². The Labute approximate surface area is 80.4 Å². The number of phenols is 1. The van der Waals surface area contributed by atoms with E-state index in [0.717, 1.165) is 16.1 Å². The van der Waals surface area contributed by atoms with Crippen LogP contribution in [0.4, 0.5) is 0 Å². The van der Waals surface area contributed by atoms with Crippen LogP contribution in [0.1, 0.15) is 6.42 Å². The van der Waals surface area contributed by atoms with Gasteiger partial charge < -0.3 is 10.8 Å². The molecule has 0 fully saturated rings. The Kier molecular flexibility index (Phi) is 1.96. The zero-order valence-electron chi connectivity index (χ0n) is 7.53. The van der Waals surface area contributed by atoms with E-state index >= 15 is 0 Å². The molecule has 14 heavy (non-hydrogen) atoms. The molecule has 0 radical (unpaired) electrons. The van der Waals surface area contributed by atoms with Gasteiger partial charge in [-0.25, -0.2) is 0 Å². The fourth-order valence-electron chi connectivity index (χ4n) is 1.57. The lowest BCUT2D eigenvalue weighted by Gasteiger charge is -1.96. The Morgan fingerprint density at radius 2 is 2.36 bits per heavy atom. The average molecular weight is 190 g/mol. The number of benzene rings is 1. The molecule has 1 aromatic rings. The molecule has 0 unspecified atom stereocenters. The Balaban J connectivity index is 2.58. The van der Waals surface area contributed by atoms with Gasteiger partial charge in [0, 0.05) is 5.22 Å². The smallest absolute Gasteiger partial charge is 0.221 e. The Morgan fingerprint density at radius 3 is 3.07 bits per heavy atom. The Morgan fingerprint density at radius 1 is 1.57 bits per heavy atom. The predicted octanol–water partition coefficient (Wildman–Crippen LogP) is -0.949. The molecule has 0 aromatic heterocycles. The lowest BCUT2D eigenvalue weighted by molar-refractivity contribution is -0.117. The van der Waals surface area contributed by atoms with E-state index in [-0.39, 0.29) is 18.1 Å². The maximum absolute atomic E-state index is 10.7. The molecule has 0 saturated heterocycles. The van der Waals surface area contributed by atoms with Crippen LogP contribution >= 0.6 is 0 Å². The van der Waals surface area contributed by atoms with Gasteiger partial charge in [0.15, 0.2) is 0 Å². The molecule has 0 atom stereocenters. The number of amides is 1.